The summed E-state index contributed by atoms with van der Waals surface area (Å²) in [6, 6.07) is 4.23. The Kier molecular flexibility index (Phi) is 2.96. The number of nitrogens with one attached hydrogen (secondary N) is 1. The van der Waals surface area contributed by atoms with Crippen LogP contribution in [0.3, 0.4) is 0 Å². The minimum Gasteiger partial charge on any atom is -0.347 e. The number of H-pyrrole nitrogens is 1. The molecule has 0 radical (unpaired) electrons. The van der Waals surface area contributed by atoms with Gasteiger partial charge in [0.05, 0.1) is 6.04 Å². The van der Waals surface area contributed by atoms with E-state index < -0.39 is 0 Å². The lowest BCUT2D eigenvalue weighted by molar-refractivity contribution is 0.622. The van der Waals surface area contributed by atoms with Gasteiger partial charge in [-0.2, -0.15) is 0 Å². The molecule has 2 aromatic heterocycles. The molecule has 2 rings (SSSR count). The smallest absolute Gasteiger partial charge is 0.123 e. The molecule has 3 nitrogen and oxygen atoms in total. The molecule has 0 aliphatic carbocycles. The van der Waals surface area contributed by atoms with Crippen molar-refractivity contribution in [3.05, 3.63) is 40.6 Å². The van der Waals surface area contributed by atoms with Crippen LogP contribution < -0.4 is 5.73 Å². The van der Waals surface area contributed by atoms with Gasteiger partial charge in [-0.25, -0.2) is 4.98 Å². The monoisotopic (exact) mass is 207 g/mol. The van der Waals surface area contributed by atoms with Gasteiger partial charge in [0.1, 0.15) is 5.82 Å². The predicted octanol–water partition coefficient (Wildman–Crippen LogP) is 2.10. The van der Waals surface area contributed by atoms with Gasteiger partial charge in [0, 0.05) is 17.3 Å². The highest BCUT2D eigenvalue weighted by Gasteiger charge is 2.08. The fourth-order valence-corrected chi connectivity index (χ4v) is 2.09. The van der Waals surface area contributed by atoms with E-state index in [4.69, 9.17) is 5.73 Å². The van der Waals surface area contributed by atoms with Gasteiger partial charge in [-0.3, -0.25) is 0 Å². The number of nitrogens with zero attached hydrogens (tertiary/aromatic N) is 1. The maximum Gasteiger partial charge on any atom is 0.123 e. The Morgan fingerprint density at radius 3 is 3.14 bits per heavy atom. The van der Waals surface area contributed by atoms with Gasteiger partial charge in [0.25, 0.3) is 0 Å². The summed E-state index contributed by atoms with van der Waals surface area (Å²) in [6.45, 7) is 0. The zero-order valence-corrected chi connectivity index (χ0v) is 8.63. The summed E-state index contributed by atoms with van der Waals surface area (Å²) in [5.74, 6) is 0.876. The molecule has 74 valence electrons. The highest BCUT2D eigenvalue weighted by atomic mass is 32.1. The number of aromatic amines is 1. The molecule has 0 bridgehead atoms. The second kappa shape index (κ2) is 4.39. The normalized spacial score (nSPS) is 12.9. The fraction of sp³-hybridized carbons (Fsp3) is 0.300. The summed E-state index contributed by atoms with van der Waals surface area (Å²) in [7, 11) is 0. The van der Waals surface area contributed by atoms with Crippen LogP contribution in [0.1, 0.15) is 23.2 Å². The summed E-state index contributed by atoms with van der Waals surface area (Å²) >= 11 is 1.78. The van der Waals surface area contributed by atoms with Gasteiger partial charge in [0.2, 0.25) is 0 Å². The van der Waals surface area contributed by atoms with Crippen molar-refractivity contribution in [1.82, 2.24) is 9.97 Å². The number of nitrogens with two attached hydrogens (primary N) is 1. The summed E-state index contributed by atoms with van der Waals surface area (Å²) in [5, 5.41) is 2.09. The van der Waals surface area contributed by atoms with Gasteiger partial charge < -0.3 is 10.7 Å². The van der Waals surface area contributed by atoms with Crippen LogP contribution >= 0.6 is 11.3 Å². The van der Waals surface area contributed by atoms with Crippen molar-refractivity contribution in [3.8, 4) is 0 Å². The lowest BCUT2D eigenvalue weighted by Crippen LogP contribution is -2.12. The number of thiophene rings is 1. The first-order valence-electron chi connectivity index (χ1n) is 4.63. The van der Waals surface area contributed by atoms with Gasteiger partial charge >= 0.3 is 0 Å². The van der Waals surface area contributed by atoms with Crippen molar-refractivity contribution in [2.75, 3.05) is 0 Å². The van der Waals surface area contributed by atoms with Crippen LogP contribution in [0, 0.1) is 0 Å². The van der Waals surface area contributed by atoms with E-state index >= 15 is 0 Å². The van der Waals surface area contributed by atoms with Crippen LogP contribution in [0.5, 0.6) is 0 Å². The molecule has 1 unspecified atom stereocenters. The lowest BCUT2D eigenvalue weighted by Gasteiger charge is -2.06. The van der Waals surface area contributed by atoms with E-state index in [9.17, 15) is 0 Å². The molecule has 0 aliphatic heterocycles. The molecule has 4 heteroatoms. The van der Waals surface area contributed by atoms with Crippen LogP contribution in [0.25, 0.3) is 0 Å². The molecule has 0 amide bonds. The van der Waals surface area contributed by atoms with E-state index in [0.29, 0.717) is 0 Å². The third-order valence-corrected chi connectivity index (χ3v) is 3.09. The quantitative estimate of drug-likeness (QED) is 0.806. The van der Waals surface area contributed by atoms with Crippen LogP contribution in [-0.4, -0.2) is 9.97 Å². The largest absolute Gasteiger partial charge is 0.347 e. The van der Waals surface area contributed by atoms with Gasteiger partial charge in [0.15, 0.2) is 0 Å². The first kappa shape index (κ1) is 9.43. The third-order valence-electron chi connectivity index (χ3n) is 2.15. The Hall–Kier alpha value is -1.13. The molecule has 1 atom stereocenters. The summed E-state index contributed by atoms with van der Waals surface area (Å²) in [4.78, 5) is 8.55. The van der Waals surface area contributed by atoms with E-state index in [1.807, 2.05) is 0 Å². The number of hydrogen-bond acceptors (Lipinski definition) is 3. The Bertz CT molecular complexity index is 353. The molecule has 0 aromatic carbocycles. The lowest BCUT2D eigenvalue weighted by atomic mass is 10.1. The SMILES string of the molecule is NC(CCc1cccs1)c1ncc[nH]1. The van der Waals surface area contributed by atoms with Crippen LogP contribution in [0.4, 0.5) is 0 Å². The van der Waals surface area contributed by atoms with E-state index in [1.54, 1.807) is 23.7 Å². The Balaban J connectivity index is 1.87. The summed E-state index contributed by atoms with van der Waals surface area (Å²) < 4.78 is 0. The number of rotatable bonds is 4. The molecule has 14 heavy (non-hydrogen) atoms. The number of aryl methyl sites for hydroxylation is 1. The Morgan fingerprint density at radius 1 is 1.57 bits per heavy atom. The van der Waals surface area contributed by atoms with Crippen LogP contribution in [-0.2, 0) is 6.42 Å². The molecule has 0 saturated carbocycles. The average molecular weight is 207 g/mol. The zero-order chi connectivity index (χ0) is 9.80. The number of hydrogen-bond donors (Lipinski definition) is 2. The first-order valence-corrected chi connectivity index (χ1v) is 5.51. The molecule has 3 N–H and O–H groups in total. The molecule has 0 saturated heterocycles. The minimum absolute atomic E-state index is 0.0205. The maximum atomic E-state index is 5.97. The molecular formula is C10H13N3S. The predicted molar refractivity (Wildman–Crippen MR) is 58.2 cm³/mol. The minimum atomic E-state index is 0.0205. The highest BCUT2D eigenvalue weighted by molar-refractivity contribution is 7.09. The Labute approximate surface area is 87.0 Å². The van der Waals surface area contributed by atoms with E-state index in [2.05, 4.69) is 27.5 Å². The van der Waals surface area contributed by atoms with Crippen molar-refractivity contribution < 1.29 is 0 Å². The molecule has 0 spiro atoms. The van der Waals surface area contributed by atoms with Gasteiger partial charge in [-0.05, 0) is 24.3 Å². The maximum absolute atomic E-state index is 5.97. The van der Waals surface area contributed by atoms with E-state index in [1.165, 1.54) is 4.88 Å². The number of imidazole rings is 1. The first-order chi connectivity index (χ1) is 6.86. The van der Waals surface area contributed by atoms with Crippen molar-refractivity contribution in [1.29, 1.82) is 0 Å². The summed E-state index contributed by atoms with van der Waals surface area (Å²) in [6.07, 6.45) is 5.51. The second-order valence-corrected chi connectivity index (χ2v) is 4.23. The van der Waals surface area contributed by atoms with Crippen molar-refractivity contribution in [2.45, 2.75) is 18.9 Å². The van der Waals surface area contributed by atoms with Crippen LogP contribution in [0.15, 0.2) is 29.9 Å². The Morgan fingerprint density at radius 2 is 2.50 bits per heavy atom. The van der Waals surface area contributed by atoms with Gasteiger partial charge in [-0.15, -0.1) is 11.3 Å². The number of aromatic nitrogens is 2. The second-order valence-electron chi connectivity index (χ2n) is 3.20. The highest BCUT2D eigenvalue weighted by Crippen LogP contribution is 2.16. The van der Waals surface area contributed by atoms with E-state index in [0.717, 1.165) is 18.7 Å². The fourth-order valence-electron chi connectivity index (χ4n) is 1.37. The molecule has 2 aromatic rings. The van der Waals surface area contributed by atoms with Crippen molar-refractivity contribution >= 4 is 11.3 Å². The molecule has 0 fully saturated rings. The third kappa shape index (κ3) is 2.21. The van der Waals surface area contributed by atoms with Gasteiger partial charge in [-0.1, -0.05) is 6.07 Å². The molecular weight excluding hydrogens is 194 g/mol. The van der Waals surface area contributed by atoms with Crippen molar-refractivity contribution in [2.24, 2.45) is 5.73 Å². The topological polar surface area (TPSA) is 54.7 Å². The molecule has 2 heterocycles. The molecule has 0 aliphatic rings. The van der Waals surface area contributed by atoms with E-state index in [-0.39, 0.29) is 6.04 Å². The van der Waals surface area contributed by atoms with Crippen molar-refractivity contribution in [3.63, 3.8) is 0 Å². The standard InChI is InChI=1S/C10H13N3S/c11-9(10-12-5-6-13-10)4-3-8-2-1-7-14-8/h1-2,5-7,9H,3-4,11H2,(H,12,13). The average Bonchev–Trinajstić information content (AvgIpc) is 2.87. The zero-order valence-electron chi connectivity index (χ0n) is 7.81. The van der Waals surface area contributed by atoms with Crippen LogP contribution in [0.2, 0.25) is 0 Å². The summed E-state index contributed by atoms with van der Waals surface area (Å²) in [5.41, 5.74) is 5.97.